The second kappa shape index (κ2) is 12.2. The quantitative estimate of drug-likeness (QED) is 0.544. The van der Waals surface area contributed by atoms with Gasteiger partial charge in [0.15, 0.2) is 0 Å². The fourth-order valence-electron chi connectivity index (χ4n) is 1.71. The van der Waals surface area contributed by atoms with Crippen molar-refractivity contribution in [1.82, 2.24) is 0 Å². The molecule has 0 bridgehead atoms. The zero-order valence-electron chi connectivity index (χ0n) is 14.4. The third-order valence-corrected chi connectivity index (χ3v) is 2.58. The summed E-state index contributed by atoms with van der Waals surface area (Å²) in [5.41, 5.74) is 0.00487. The van der Waals surface area contributed by atoms with E-state index in [2.05, 4.69) is 34.6 Å². The third kappa shape index (κ3) is 12.4. The van der Waals surface area contributed by atoms with Gasteiger partial charge in [-0.25, -0.2) is 4.79 Å². The van der Waals surface area contributed by atoms with Crippen LogP contribution in [0.3, 0.4) is 0 Å². The van der Waals surface area contributed by atoms with Crippen molar-refractivity contribution in [2.24, 2.45) is 5.41 Å². The summed E-state index contributed by atoms with van der Waals surface area (Å²) >= 11 is 0. The summed E-state index contributed by atoms with van der Waals surface area (Å²) in [5, 5.41) is 8.75. The van der Waals surface area contributed by atoms with Crippen LogP contribution in [-0.4, -0.2) is 30.1 Å². The minimum Gasteiger partial charge on any atom is -0.434 e. The summed E-state index contributed by atoms with van der Waals surface area (Å²) in [6.45, 7) is 13.8. The van der Waals surface area contributed by atoms with E-state index in [0.29, 0.717) is 6.42 Å². The van der Waals surface area contributed by atoms with Gasteiger partial charge in [0.25, 0.3) is 0 Å². The zero-order valence-corrected chi connectivity index (χ0v) is 14.4. The molecule has 0 aromatic rings. The van der Waals surface area contributed by atoms with E-state index in [1.165, 1.54) is 0 Å². The van der Waals surface area contributed by atoms with Gasteiger partial charge in [-0.2, -0.15) is 0 Å². The van der Waals surface area contributed by atoms with E-state index >= 15 is 0 Å². The Morgan fingerprint density at radius 2 is 1.75 bits per heavy atom. The highest BCUT2D eigenvalue weighted by atomic mass is 16.7. The van der Waals surface area contributed by atoms with Crippen molar-refractivity contribution >= 4 is 5.97 Å². The van der Waals surface area contributed by atoms with E-state index in [1.54, 1.807) is 0 Å². The zero-order chi connectivity index (χ0) is 16.2. The molecule has 2 unspecified atom stereocenters. The smallest absolute Gasteiger partial charge is 0.334 e. The summed E-state index contributed by atoms with van der Waals surface area (Å²) in [4.78, 5) is 11.2. The van der Waals surface area contributed by atoms with Gasteiger partial charge in [0, 0.05) is 6.42 Å². The van der Waals surface area contributed by atoms with Gasteiger partial charge in [0.2, 0.25) is 6.29 Å². The molecule has 0 amide bonds. The summed E-state index contributed by atoms with van der Waals surface area (Å²) in [6.07, 6.45) is 3.04. The van der Waals surface area contributed by atoms with Crippen LogP contribution >= 0.6 is 0 Å². The highest BCUT2D eigenvalue weighted by Gasteiger charge is 2.24. The summed E-state index contributed by atoms with van der Waals surface area (Å²) in [7, 11) is 0. The molecule has 0 aromatic carbocycles. The number of carbonyl (C=O) groups is 1. The summed E-state index contributed by atoms with van der Waals surface area (Å²) < 4.78 is 11.0. The predicted octanol–water partition coefficient (Wildman–Crippen LogP) is 3.91. The first-order chi connectivity index (χ1) is 9.32. The molecular formula is C16H34O4. The molecule has 0 saturated heterocycles. The molecule has 0 rings (SSSR count). The van der Waals surface area contributed by atoms with Crippen LogP contribution in [0.1, 0.15) is 74.1 Å². The number of hydrogen-bond donors (Lipinski definition) is 1. The molecule has 0 saturated carbocycles. The minimum absolute atomic E-state index is 0.00487. The minimum atomic E-state index is -0.629. The Balaban J connectivity index is 0. The topological polar surface area (TPSA) is 55.8 Å². The lowest BCUT2D eigenvalue weighted by Gasteiger charge is -2.29. The number of hydrogen-bond acceptors (Lipinski definition) is 4. The van der Waals surface area contributed by atoms with Crippen LogP contribution in [0.15, 0.2) is 0 Å². The van der Waals surface area contributed by atoms with E-state index in [4.69, 9.17) is 14.6 Å². The monoisotopic (exact) mass is 290 g/mol. The van der Waals surface area contributed by atoms with Crippen molar-refractivity contribution in [3.05, 3.63) is 0 Å². The van der Waals surface area contributed by atoms with Gasteiger partial charge >= 0.3 is 5.97 Å². The molecule has 4 nitrogen and oxygen atoms in total. The molecule has 1 N–H and O–H groups in total. The van der Waals surface area contributed by atoms with Crippen molar-refractivity contribution in [1.29, 1.82) is 0 Å². The molecule has 4 heteroatoms. The number of carbonyl (C=O) groups excluding carboxylic acids is 1. The van der Waals surface area contributed by atoms with Gasteiger partial charge in [-0.05, 0) is 18.3 Å². The molecule has 0 aliphatic rings. The van der Waals surface area contributed by atoms with Gasteiger partial charge in [-0.1, -0.05) is 54.9 Å². The van der Waals surface area contributed by atoms with E-state index < -0.39 is 18.9 Å². The van der Waals surface area contributed by atoms with Crippen LogP contribution in [0.2, 0.25) is 0 Å². The average Bonchev–Trinajstić information content (AvgIpc) is 2.38. The molecule has 20 heavy (non-hydrogen) atoms. The second-order valence-corrected chi connectivity index (χ2v) is 5.80. The summed E-state index contributed by atoms with van der Waals surface area (Å²) in [5.74, 6) is -0.629. The Bertz CT molecular complexity index is 233. The van der Waals surface area contributed by atoms with E-state index in [0.717, 1.165) is 19.3 Å². The van der Waals surface area contributed by atoms with Gasteiger partial charge in [-0.3, -0.25) is 0 Å². The Morgan fingerprint density at radius 3 is 2.10 bits per heavy atom. The molecule has 0 aliphatic heterocycles. The lowest BCUT2D eigenvalue weighted by molar-refractivity contribution is -0.200. The van der Waals surface area contributed by atoms with E-state index in [-0.39, 0.29) is 11.5 Å². The fraction of sp³-hybridized carbons (Fsp3) is 0.938. The van der Waals surface area contributed by atoms with Crippen molar-refractivity contribution in [2.45, 2.75) is 86.5 Å². The Kier molecular flexibility index (Phi) is 13.2. The maximum Gasteiger partial charge on any atom is 0.334 e. The van der Waals surface area contributed by atoms with Gasteiger partial charge < -0.3 is 14.6 Å². The summed E-state index contributed by atoms with van der Waals surface area (Å²) in [6, 6.07) is 0. The number of ether oxygens (including phenoxy) is 2. The number of aliphatic hydroxyl groups excluding tert-OH is 1. The van der Waals surface area contributed by atoms with Crippen LogP contribution in [0.5, 0.6) is 0 Å². The molecule has 0 heterocycles. The lowest BCUT2D eigenvalue weighted by atomic mass is 9.92. The lowest BCUT2D eigenvalue weighted by Crippen LogP contribution is -2.31. The van der Waals surface area contributed by atoms with E-state index in [1.807, 2.05) is 13.8 Å². The van der Waals surface area contributed by atoms with Gasteiger partial charge in [0.05, 0.1) is 6.10 Å². The average molecular weight is 290 g/mol. The molecule has 0 spiro atoms. The third-order valence-electron chi connectivity index (χ3n) is 2.58. The SMILES string of the molecule is CC.CCCC(CC)OC(CC(C)(C)C)OC(=O)CO. The normalized spacial score (nSPS) is 14.0. The molecule has 2 atom stereocenters. The van der Waals surface area contributed by atoms with Crippen LogP contribution in [0, 0.1) is 5.41 Å². The molecular weight excluding hydrogens is 256 g/mol. The Hall–Kier alpha value is -0.610. The number of esters is 1. The van der Waals surface area contributed by atoms with Crippen molar-refractivity contribution < 1.29 is 19.4 Å². The first-order valence-electron chi connectivity index (χ1n) is 7.78. The highest BCUT2D eigenvalue weighted by molar-refractivity contribution is 5.70. The van der Waals surface area contributed by atoms with Crippen LogP contribution in [-0.2, 0) is 14.3 Å². The molecule has 0 fully saturated rings. The predicted molar refractivity (Wildman–Crippen MR) is 82.5 cm³/mol. The maximum absolute atomic E-state index is 11.2. The molecule has 0 radical (unpaired) electrons. The van der Waals surface area contributed by atoms with Crippen molar-refractivity contribution in [3.63, 3.8) is 0 Å². The first-order valence-corrected chi connectivity index (χ1v) is 7.78. The molecule has 122 valence electrons. The Labute approximate surface area is 124 Å². The fourth-order valence-corrected chi connectivity index (χ4v) is 1.71. The van der Waals surface area contributed by atoms with Gasteiger partial charge in [0.1, 0.15) is 6.61 Å². The standard InChI is InChI=1S/C14H28O4.C2H6/c1-6-8-11(7-2)17-13(9-14(3,4)5)18-12(16)10-15;1-2/h11,13,15H,6-10H2,1-5H3;1-2H3. The molecule has 0 aliphatic carbocycles. The number of aliphatic hydroxyl groups is 1. The highest BCUT2D eigenvalue weighted by Crippen LogP contribution is 2.25. The maximum atomic E-state index is 11.2. The largest absolute Gasteiger partial charge is 0.434 e. The first kappa shape index (κ1) is 21.7. The van der Waals surface area contributed by atoms with Crippen LogP contribution in [0.25, 0.3) is 0 Å². The van der Waals surface area contributed by atoms with E-state index in [9.17, 15) is 4.79 Å². The van der Waals surface area contributed by atoms with Crippen molar-refractivity contribution in [2.75, 3.05) is 6.61 Å². The van der Waals surface area contributed by atoms with Crippen LogP contribution < -0.4 is 0 Å². The van der Waals surface area contributed by atoms with Crippen molar-refractivity contribution in [3.8, 4) is 0 Å². The second-order valence-electron chi connectivity index (χ2n) is 5.80. The Morgan fingerprint density at radius 1 is 1.20 bits per heavy atom. The van der Waals surface area contributed by atoms with Gasteiger partial charge in [-0.15, -0.1) is 0 Å². The number of rotatable bonds is 8. The van der Waals surface area contributed by atoms with Crippen LogP contribution in [0.4, 0.5) is 0 Å². The molecule has 0 aromatic heterocycles.